The van der Waals surface area contributed by atoms with Crippen LogP contribution in [-0.2, 0) is 4.74 Å². The van der Waals surface area contributed by atoms with Gasteiger partial charge < -0.3 is 4.74 Å². The van der Waals surface area contributed by atoms with Crippen LogP contribution in [0.25, 0.3) is 0 Å². The summed E-state index contributed by atoms with van der Waals surface area (Å²) in [6.07, 6.45) is 4.54. The number of rotatable bonds is 1. The van der Waals surface area contributed by atoms with E-state index in [4.69, 9.17) is 4.74 Å². The second-order valence-electron chi connectivity index (χ2n) is 4.07. The van der Waals surface area contributed by atoms with Gasteiger partial charge in [-0.15, -0.1) is 5.54 Å². The highest BCUT2D eigenvalue weighted by Crippen LogP contribution is 2.22. The Bertz CT molecular complexity index is 239. The lowest BCUT2D eigenvalue weighted by atomic mass is 10.3. The van der Waals surface area contributed by atoms with E-state index in [9.17, 15) is 0 Å². The van der Waals surface area contributed by atoms with Gasteiger partial charge in [0, 0.05) is 0 Å². The van der Waals surface area contributed by atoms with Gasteiger partial charge in [0.25, 0.3) is 0 Å². The van der Waals surface area contributed by atoms with E-state index in [1.54, 1.807) is 0 Å². The summed E-state index contributed by atoms with van der Waals surface area (Å²) in [5.41, 5.74) is 3.30. The lowest BCUT2D eigenvalue weighted by Crippen LogP contribution is -2.16. The van der Waals surface area contributed by atoms with Crippen molar-refractivity contribution in [3.05, 3.63) is 12.2 Å². The molecule has 1 saturated heterocycles. The van der Waals surface area contributed by atoms with Crippen LogP contribution in [0.2, 0.25) is 19.6 Å². The van der Waals surface area contributed by atoms with Gasteiger partial charge in [0.2, 0.25) is 0 Å². The predicted molar refractivity (Wildman–Crippen MR) is 54.6 cm³/mol. The molecule has 2 heteroatoms. The van der Waals surface area contributed by atoms with Crippen molar-refractivity contribution in [2.75, 3.05) is 0 Å². The number of ether oxygens (including phenoxy) is 1. The van der Waals surface area contributed by atoms with E-state index in [1.165, 1.54) is 0 Å². The monoisotopic (exact) mass is 180 g/mol. The zero-order valence-electron chi connectivity index (χ0n) is 8.22. The highest BCUT2D eigenvalue weighted by molar-refractivity contribution is 6.83. The minimum atomic E-state index is -1.20. The van der Waals surface area contributed by atoms with E-state index < -0.39 is 8.07 Å². The van der Waals surface area contributed by atoms with Crippen LogP contribution in [0.15, 0.2) is 12.2 Å². The predicted octanol–water partition coefficient (Wildman–Crippen LogP) is 2.21. The summed E-state index contributed by atoms with van der Waals surface area (Å²) in [7, 11) is -1.20. The summed E-state index contributed by atoms with van der Waals surface area (Å²) in [5.74, 6) is 3.17. The molecular weight excluding hydrogens is 164 g/mol. The maximum absolute atomic E-state index is 5.31. The second kappa shape index (κ2) is 3.47. The van der Waals surface area contributed by atoms with E-state index in [0.29, 0.717) is 0 Å². The van der Waals surface area contributed by atoms with Crippen LogP contribution in [0.1, 0.15) is 6.92 Å². The van der Waals surface area contributed by atoms with Gasteiger partial charge in [-0.2, -0.15) is 0 Å². The molecule has 0 bridgehead atoms. The topological polar surface area (TPSA) is 12.5 Å². The summed E-state index contributed by atoms with van der Waals surface area (Å²) in [5, 5.41) is 0. The molecule has 0 aliphatic carbocycles. The van der Waals surface area contributed by atoms with Crippen molar-refractivity contribution in [1.29, 1.82) is 0 Å². The highest BCUT2D eigenvalue weighted by atomic mass is 28.3. The first kappa shape index (κ1) is 9.56. The average Bonchev–Trinajstić information content (AvgIpc) is 2.63. The Kier molecular flexibility index (Phi) is 2.76. The minimum Gasteiger partial charge on any atom is -0.351 e. The molecule has 0 unspecified atom stereocenters. The smallest absolute Gasteiger partial charge is 0.148 e. The van der Waals surface area contributed by atoms with Crippen LogP contribution >= 0.6 is 0 Å². The molecule has 1 rings (SSSR count). The first-order chi connectivity index (χ1) is 5.53. The van der Waals surface area contributed by atoms with Crippen LogP contribution in [0, 0.1) is 11.5 Å². The molecule has 66 valence electrons. The van der Waals surface area contributed by atoms with Crippen molar-refractivity contribution in [3.8, 4) is 11.5 Å². The quantitative estimate of drug-likeness (QED) is 0.261. The van der Waals surface area contributed by atoms with E-state index in [1.807, 2.05) is 13.0 Å². The van der Waals surface area contributed by atoms with E-state index in [2.05, 4.69) is 37.2 Å². The zero-order chi connectivity index (χ0) is 9.19. The Labute approximate surface area is 75.8 Å². The Morgan fingerprint density at radius 3 is 2.50 bits per heavy atom. The molecule has 1 fully saturated rings. The van der Waals surface area contributed by atoms with Crippen molar-refractivity contribution >= 4 is 8.07 Å². The van der Waals surface area contributed by atoms with Crippen molar-refractivity contribution in [2.45, 2.75) is 38.8 Å². The van der Waals surface area contributed by atoms with Gasteiger partial charge in [-0.1, -0.05) is 37.7 Å². The lowest BCUT2D eigenvalue weighted by Gasteiger charge is -2.02. The molecule has 1 nitrogen and oxygen atoms in total. The molecule has 0 aromatic carbocycles. The molecule has 0 amide bonds. The lowest BCUT2D eigenvalue weighted by molar-refractivity contribution is 0.417. The van der Waals surface area contributed by atoms with Gasteiger partial charge in [-0.3, -0.25) is 0 Å². The maximum atomic E-state index is 5.31. The van der Waals surface area contributed by atoms with Gasteiger partial charge in [0.1, 0.15) is 20.3 Å². The Balaban J connectivity index is 2.39. The Morgan fingerprint density at radius 2 is 2.00 bits per heavy atom. The minimum absolute atomic E-state index is 0.188. The number of epoxide rings is 1. The van der Waals surface area contributed by atoms with Crippen LogP contribution in [0.5, 0.6) is 0 Å². The Morgan fingerprint density at radius 1 is 1.33 bits per heavy atom. The van der Waals surface area contributed by atoms with E-state index >= 15 is 0 Å². The molecule has 0 spiro atoms. The summed E-state index contributed by atoms with van der Waals surface area (Å²) < 4.78 is 5.31. The maximum Gasteiger partial charge on any atom is 0.148 e. The van der Waals surface area contributed by atoms with Gasteiger partial charge in [-0.05, 0) is 6.92 Å². The molecular formula is C10H16OSi. The molecule has 0 radical (unpaired) electrons. The molecule has 1 aliphatic heterocycles. The fourth-order valence-corrected chi connectivity index (χ4v) is 1.44. The summed E-state index contributed by atoms with van der Waals surface area (Å²) >= 11 is 0. The second-order valence-corrected chi connectivity index (χ2v) is 8.82. The third-order valence-corrected chi connectivity index (χ3v) is 2.39. The molecule has 1 aliphatic rings. The average molecular weight is 180 g/mol. The van der Waals surface area contributed by atoms with Crippen molar-refractivity contribution in [3.63, 3.8) is 0 Å². The molecule has 0 saturated carbocycles. The normalized spacial score (nSPS) is 28.3. The van der Waals surface area contributed by atoms with E-state index in [0.717, 1.165) is 0 Å². The molecule has 0 aromatic heterocycles. The van der Waals surface area contributed by atoms with Crippen LogP contribution in [0.4, 0.5) is 0 Å². The first-order valence-corrected chi connectivity index (χ1v) is 7.84. The largest absolute Gasteiger partial charge is 0.351 e. The number of allylic oxidation sites excluding steroid dienone is 1. The SMILES string of the molecule is C/C=C/[C@H]1O[C@@H]1C#C[Si](C)(C)C. The summed E-state index contributed by atoms with van der Waals surface area (Å²) in [4.78, 5) is 0. The fraction of sp³-hybridized carbons (Fsp3) is 0.600. The van der Waals surface area contributed by atoms with E-state index in [-0.39, 0.29) is 12.2 Å². The van der Waals surface area contributed by atoms with Crippen LogP contribution in [-0.4, -0.2) is 20.3 Å². The number of hydrogen-bond acceptors (Lipinski definition) is 1. The molecule has 12 heavy (non-hydrogen) atoms. The molecule has 2 atom stereocenters. The third kappa shape index (κ3) is 3.25. The molecule has 1 heterocycles. The van der Waals surface area contributed by atoms with Crippen molar-refractivity contribution in [1.82, 2.24) is 0 Å². The summed E-state index contributed by atoms with van der Waals surface area (Å²) in [6, 6.07) is 0. The van der Waals surface area contributed by atoms with Crippen molar-refractivity contribution in [2.24, 2.45) is 0 Å². The molecule has 0 N–H and O–H groups in total. The van der Waals surface area contributed by atoms with Crippen LogP contribution in [0.3, 0.4) is 0 Å². The van der Waals surface area contributed by atoms with Gasteiger partial charge in [0.05, 0.1) is 0 Å². The summed E-state index contributed by atoms with van der Waals surface area (Å²) in [6.45, 7) is 8.73. The molecule has 0 aromatic rings. The highest BCUT2D eigenvalue weighted by Gasteiger charge is 2.34. The third-order valence-electron chi connectivity index (χ3n) is 1.50. The first-order valence-electron chi connectivity index (χ1n) is 4.34. The fourth-order valence-electron chi connectivity index (χ4n) is 0.864. The van der Waals surface area contributed by atoms with Gasteiger partial charge in [-0.25, -0.2) is 0 Å². The van der Waals surface area contributed by atoms with Crippen molar-refractivity contribution < 1.29 is 4.74 Å². The van der Waals surface area contributed by atoms with Crippen LogP contribution < -0.4 is 0 Å². The zero-order valence-corrected chi connectivity index (χ0v) is 9.22. The van der Waals surface area contributed by atoms with Gasteiger partial charge in [0.15, 0.2) is 0 Å². The number of hydrogen-bond donors (Lipinski definition) is 0. The standard InChI is InChI=1S/C10H16OSi/c1-5-6-9-10(11-9)7-8-12(2,3)4/h5-6,9-10H,1-4H3/b6-5+/t9-,10-/m1/s1. The van der Waals surface area contributed by atoms with Gasteiger partial charge >= 0.3 is 0 Å². The Hall–Kier alpha value is -0.523.